The van der Waals surface area contributed by atoms with Crippen LogP contribution in [0.1, 0.15) is 18.2 Å². The minimum atomic E-state index is -1.11. The molecule has 0 bridgehead atoms. The van der Waals surface area contributed by atoms with Gasteiger partial charge >= 0.3 is 0 Å². The number of nitrogens with zero attached hydrogens (tertiary/aromatic N) is 8. The van der Waals surface area contributed by atoms with Gasteiger partial charge < -0.3 is 25.6 Å². The van der Waals surface area contributed by atoms with Gasteiger partial charge in [-0.15, -0.1) is 10.2 Å². The molecule has 0 aliphatic carbocycles. The van der Waals surface area contributed by atoms with E-state index in [1.807, 2.05) is 17.8 Å². The number of halogens is 1. The largest absolute Gasteiger partial charge is 0.478 e. The van der Waals surface area contributed by atoms with Crippen LogP contribution in [0.2, 0.25) is 0 Å². The Bertz CT molecular complexity index is 1090. The fourth-order valence-corrected chi connectivity index (χ4v) is 4.20. The highest BCUT2D eigenvalue weighted by Gasteiger charge is 2.32. The molecule has 166 valence electrons. The fraction of sp³-hybridized carbons (Fsp3) is 0.579. The molecule has 0 amide bonds. The second kappa shape index (κ2) is 7.61. The summed E-state index contributed by atoms with van der Waals surface area (Å²) in [6.07, 6.45) is 3.58. The van der Waals surface area contributed by atoms with Gasteiger partial charge in [0.2, 0.25) is 5.95 Å². The molecule has 3 aromatic rings. The van der Waals surface area contributed by atoms with Gasteiger partial charge in [0, 0.05) is 13.1 Å². The summed E-state index contributed by atoms with van der Waals surface area (Å²) in [4.78, 5) is 13.1. The maximum absolute atomic E-state index is 14.0. The summed E-state index contributed by atoms with van der Waals surface area (Å²) >= 11 is 0. The molecule has 5 heterocycles. The molecule has 31 heavy (non-hydrogen) atoms. The summed E-state index contributed by atoms with van der Waals surface area (Å²) < 4.78 is 23.2. The molecule has 3 atom stereocenters. The van der Waals surface area contributed by atoms with Crippen LogP contribution in [0.5, 0.6) is 5.88 Å². The van der Waals surface area contributed by atoms with E-state index in [-0.39, 0.29) is 12.6 Å². The van der Waals surface area contributed by atoms with Gasteiger partial charge in [0.1, 0.15) is 11.9 Å². The second-order valence-corrected chi connectivity index (χ2v) is 8.34. The monoisotopic (exact) mass is 430 g/mol. The number of ether oxygens (including phenoxy) is 1. The Kier molecular flexibility index (Phi) is 4.89. The summed E-state index contributed by atoms with van der Waals surface area (Å²) in [6, 6.07) is -0.265. The van der Waals surface area contributed by atoms with Gasteiger partial charge in [0.25, 0.3) is 5.88 Å². The predicted molar refractivity (Wildman–Crippen MR) is 114 cm³/mol. The van der Waals surface area contributed by atoms with E-state index in [0.717, 1.165) is 25.2 Å². The molecule has 3 aromatic heterocycles. The highest BCUT2D eigenvalue weighted by atomic mass is 19.1. The van der Waals surface area contributed by atoms with Crippen LogP contribution in [0.15, 0.2) is 12.4 Å². The summed E-state index contributed by atoms with van der Waals surface area (Å²) in [5.74, 6) is 1.37. The van der Waals surface area contributed by atoms with E-state index >= 15 is 0 Å². The molecule has 0 unspecified atom stereocenters. The number of fused-ring (bicyclic) bond motifs is 1. The molecular formula is C19H27FN10O. The third kappa shape index (κ3) is 3.55. The Morgan fingerprint density at radius 3 is 2.77 bits per heavy atom. The van der Waals surface area contributed by atoms with Gasteiger partial charge in [-0.05, 0) is 26.9 Å². The number of hydrogen-bond acceptors (Lipinski definition) is 9. The van der Waals surface area contributed by atoms with E-state index in [9.17, 15) is 4.39 Å². The first-order valence-corrected chi connectivity index (χ1v) is 10.4. The van der Waals surface area contributed by atoms with Crippen LogP contribution in [0, 0.1) is 6.92 Å². The summed E-state index contributed by atoms with van der Waals surface area (Å²) in [5.41, 5.74) is 7.96. The lowest BCUT2D eigenvalue weighted by Gasteiger charge is -2.17. The van der Waals surface area contributed by atoms with Crippen LogP contribution in [0.25, 0.3) is 5.65 Å². The number of aryl methyl sites for hydroxylation is 1. The third-order valence-electron chi connectivity index (χ3n) is 5.98. The van der Waals surface area contributed by atoms with Crippen LogP contribution in [0.4, 0.5) is 21.8 Å². The van der Waals surface area contributed by atoms with Crippen molar-refractivity contribution in [3.63, 3.8) is 0 Å². The molecule has 2 aliphatic heterocycles. The quantitative estimate of drug-likeness (QED) is 0.605. The summed E-state index contributed by atoms with van der Waals surface area (Å²) in [7, 11) is 3.69. The normalized spacial score (nSPS) is 24.4. The molecule has 0 saturated carbocycles. The lowest BCUT2D eigenvalue weighted by Crippen LogP contribution is -2.30. The predicted octanol–water partition coefficient (Wildman–Crippen LogP) is 0.743. The van der Waals surface area contributed by atoms with Crippen molar-refractivity contribution < 1.29 is 9.13 Å². The summed E-state index contributed by atoms with van der Waals surface area (Å²) in [5, 5.41) is 12.5. The van der Waals surface area contributed by atoms with Crippen molar-refractivity contribution >= 4 is 23.1 Å². The van der Waals surface area contributed by atoms with Crippen molar-refractivity contribution in [1.82, 2.24) is 34.3 Å². The van der Waals surface area contributed by atoms with Crippen LogP contribution >= 0.6 is 0 Å². The van der Waals surface area contributed by atoms with E-state index in [2.05, 4.69) is 37.4 Å². The Balaban J connectivity index is 1.51. The molecular weight excluding hydrogens is 403 g/mol. The summed E-state index contributed by atoms with van der Waals surface area (Å²) in [6.45, 7) is 4.40. The Morgan fingerprint density at radius 1 is 1.26 bits per heavy atom. The first-order valence-electron chi connectivity index (χ1n) is 10.4. The Labute approximate surface area is 179 Å². The molecule has 2 saturated heterocycles. The van der Waals surface area contributed by atoms with Crippen LogP contribution in [-0.4, -0.2) is 86.8 Å². The van der Waals surface area contributed by atoms with E-state index < -0.39 is 12.2 Å². The number of anilines is 3. The van der Waals surface area contributed by atoms with Crippen molar-refractivity contribution in [3.05, 3.63) is 18.1 Å². The van der Waals surface area contributed by atoms with Crippen molar-refractivity contribution in [1.29, 1.82) is 0 Å². The lowest BCUT2D eigenvalue weighted by atomic mass is 10.3. The minimum absolute atomic E-state index is 0.163. The van der Waals surface area contributed by atoms with Crippen molar-refractivity contribution in [2.75, 3.05) is 50.6 Å². The van der Waals surface area contributed by atoms with Gasteiger partial charge in [-0.25, -0.2) is 13.9 Å². The number of methoxy groups -OCH3 is 1. The third-order valence-corrected chi connectivity index (χ3v) is 5.98. The van der Waals surface area contributed by atoms with Gasteiger partial charge in [-0.3, -0.25) is 4.68 Å². The van der Waals surface area contributed by atoms with Gasteiger partial charge in [0.05, 0.1) is 43.8 Å². The number of hydrogen-bond donors (Lipinski definition) is 2. The number of rotatable bonds is 5. The zero-order valence-corrected chi connectivity index (χ0v) is 17.9. The highest BCUT2D eigenvalue weighted by molar-refractivity contribution is 5.73. The lowest BCUT2D eigenvalue weighted by molar-refractivity contribution is 0.333. The average molecular weight is 430 g/mol. The standard InChI is InChI=1S/C19H27FN10O/c1-11-6-22-17-16(24-19(26-30(11)17)28-8-13(20)14(21)9-28)23-15-10-29(25-18(15)31-3)12-4-5-27(2)7-12/h6,10,12-14H,4-5,7-9,21H2,1-3H3,(H,23,24,26)/t12-,13+,14+/m0/s1. The number of imidazole rings is 1. The molecule has 0 aromatic carbocycles. The minimum Gasteiger partial charge on any atom is -0.478 e. The molecule has 0 spiro atoms. The molecule has 2 aliphatic rings. The average Bonchev–Trinajstić information content (AvgIpc) is 3.51. The Morgan fingerprint density at radius 2 is 2.10 bits per heavy atom. The SMILES string of the molecule is COc1nn([C@H]2CCN(C)C2)cc1Nc1nc(N2C[C@@H](N)[C@H](F)C2)nn2c(C)cnc12. The fourth-order valence-electron chi connectivity index (χ4n) is 4.20. The van der Waals surface area contributed by atoms with E-state index in [4.69, 9.17) is 10.5 Å². The maximum Gasteiger partial charge on any atom is 0.256 e. The van der Waals surface area contributed by atoms with E-state index in [1.165, 1.54) is 0 Å². The number of likely N-dealkylation sites (tertiary alicyclic amines) is 1. The van der Waals surface area contributed by atoms with E-state index in [1.54, 1.807) is 22.7 Å². The highest BCUT2D eigenvalue weighted by Crippen LogP contribution is 2.31. The first kappa shape index (κ1) is 19.9. The molecule has 5 rings (SSSR count). The molecule has 12 heteroatoms. The molecule has 3 N–H and O–H groups in total. The number of likely N-dealkylation sites (N-methyl/N-ethyl adjacent to an activating group) is 1. The zero-order valence-electron chi connectivity index (χ0n) is 17.9. The number of aromatic nitrogens is 6. The van der Waals surface area contributed by atoms with Gasteiger partial charge in [-0.2, -0.15) is 4.98 Å². The molecule has 11 nitrogen and oxygen atoms in total. The maximum atomic E-state index is 14.0. The smallest absolute Gasteiger partial charge is 0.256 e. The number of alkyl halides is 1. The molecule has 0 radical (unpaired) electrons. The Hall–Kier alpha value is -2.99. The molecule has 2 fully saturated rings. The zero-order chi connectivity index (χ0) is 21.7. The van der Waals surface area contributed by atoms with Crippen molar-refractivity contribution in [2.24, 2.45) is 5.73 Å². The topological polar surface area (TPSA) is 115 Å². The van der Waals surface area contributed by atoms with E-state index in [0.29, 0.717) is 35.5 Å². The number of nitrogens with one attached hydrogen (secondary N) is 1. The number of nitrogens with two attached hydrogens (primary N) is 1. The van der Waals surface area contributed by atoms with Crippen molar-refractivity contribution in [2.45, 2.75) is 31.6 Å². The second-order valence-electron chi connectivity index (χ2n) is 8.34. The first-order chi connectivity index (χ1) is 14.9. The van der Waals surface area contributed by atoms with Gasteiger partial charge in [-0.1, -0.05) is 0 Å². The van der Waals surface area contributed by atoms with Gasteiger partial charge in [0.15, 0.2) is 11.5 Å². The van der Waals surface area contributed by atoms with Crippen molar-refractivity contribution in [3.8, 4) is 5.88 Å². The van der Waals surface area contributed by atoms with Crippen LogP contribution in [0.3, 0.4) is 0 Å². The van der Waals surface area contributed by atoms with Crippen LogP contribution in [-0.2, 0) is 0 Å². The van der Waals surface area contributed by atoms with Crippen LogP contribution < -0.4 is 20.7 Å².